The topological polar surface area (TPSA) is 111 Å². The van der Waals surface area contributed by atoms with E-state index in [2.05, 4.69) is 21.8 Å². The third kappa shape index (κ3) is 6.98. The molecule has 0 saturated carbocycles. The molecule has 0 radical (unpaired) electrons. The number of nitrogens with zero attached hydrogens (tertiary/aromatic N) is 5. The average molecular weight is 585 g/mol. The SMILES string of the molecule is C=CC(=O)N1CCN(CCCn2c(=O)c(-c3cc(OC)cc(OC)c3Cl)cc3cnc(N[C@@H](C)COC)nc32)CC1. The lowest BCUT2D eigenvalue weighted by atomic mass is 10.0. The maximum Gasteiger partial charge on any atom is 0.260 e. The van der Waals surface area contributed by atoms with E-state index in [1.807, 2.05) is 6.92 Å². The first-order valence-corrected chi connectivity index (χ1v) is 13.9. The summed E-state index contributed by atoms with van der Waals surface area (Å²) < 4.78 is 17.8. The van der Waals surface area contributed by atoms with Gasteiger partial charge in [-0.15, -0.1) is 0 Å². The van der Waals surface area contributed by atoms with Crippen molar-refractivity contribution < 1.29 is 19.0 Å². The van der Waals surface area contributed by atoms with Crippen LogP contribution in [0, 0.1) is 0 Å². The van der Waals surface area contributed by atoms with Crippen LogP contribution in [0.5, 0.6) is 11.5 Å². The molecule has 0 aliphatic carbocycles. The number of piperazine rings is 1. The number of fused-ring (bicyclic) bond motifs is 1. The Morgan fingerprint density at radius 3 is 2.54 bits per heavy atom. The predicted molar refractivity (Wildman–Crippen MR) is 160 cm³/mol. The molecule has 41 heavy (non-hydrogen) atoms. The number of pyridine rings is 1. The highest BCUT2D eigenvalue weighted by Gasteiger charge is 2.21. The van der Waals surface area contributed by atoms with E-state index >= 15 is 0 Å². The smallest absolute Gasteiger partial charge is 0.260 e. The Labute approximate surface area is 244 Å². The average Bonchev–Trinajstić information content (AvgIpc) is 2.98. The Bertz CT molecular complexity index is 1450. The molecule has 1 saturated heterocycles. The van der Waals surface area contributed by atoms with Crippen molar-refractivity contribution in [3.05, 3.63) is 52.4 Å². The summed E-state index contributed by atoms with van der Waals surface area (Å²) in [6, 6.07) is 5.14. The van der Waals surface area contributed by atoms with Crippen LogP contribution in [0.25, 0.3) is 22.2 Å². The number of rotatable bonds is 12. The standard InChI is InChI=1S/C29H37ClN6O5/c1-6-25(37)35-12-10-34(11-13-35)8-7-9-36-27-20(17-31-29(33-27)32-19(2)18-39-3)14-23(28(36)38)22-15-21(40-4)16-24(41-5)26(22)30/h6,14-17,19H,1,7-13,18H2,2-5H3,(H,31,32,33)/t19-/m0/s1. The van der Waals surface area contributed by atoms with Crippen LogP contribution in [0.4, 0.5) is 5.95 Å². The van der Waals surface area contributed by atoms with Crippen molar-refractivity contribution >= 4 is 34.5 Å². The summed E-state index contributed by atoms with van der Waals surface area (Å²) in [6.07, 6.45) is 3.76. The second kappa shape index (κ2) is 13.8. The molecule has 0 bridgehead atoms. The van der Waals surface area contributed by atoms with Gasteiger partial charge < -0.3 is 24.4 Å². The van der Waals surface area contributed by atoms with Crippen LogP contribution < -0.4 is 20.3 Å². The number of carbonyl (C=O) groups is 1. The molecule has 1 aromatic carbocycles. The van der Waals surface area contributed by atoms with E-state index in [1.165, 1.54) is 13.2 Å². The summed E-state index contributed by atoms with van der Waals surface area (Å²) in [4.78, 5) is 39.3. The number of nitrogens with one attached hydrogen (secondary N) is 1. The summed E-state index contributed by atoms with van der Waals surface area (Å²) in [6.45, 7) is 10.1. The second-order valence-corrected chi connectivity index (χ2v) is 10.3. The van der Waals surface area contributed by atoms with Crippen LogP contribution in [-0.2, 0) is 16.1 Å². The maximum absolute atomic E-state index is 14.1. The number of methoxy groups -OCH3 is 3. The summed E-state index contributed by atoms with van der Waals surface area (Å²) in [5, 5.41) is 4.24. The molecule has 2 aromatic heterocycles. The van der Waals surface area contributed by atoms with Crippen molar-refractivity contribution in [1.29, 1.82) is 0 Å². The molecular formula is C29H37ClN6O5. The highest BCUT2D eigenvalue weighted by Crippen LogP contribution is 2.38. The van der Waals surface area contributed by atoms with E-state index in [-0.39, 0.29) is 17.5 Å². The Morgan fingerprint density at radius 1 is 1.12 bits per heavy atom. The zero-order chi connectivity index (χ0) is 29.5. The Hall–Kier alpha value is -3.67. The number of ether oxygens (including phenoxy) is 3. The lowest BCUT2D eigenvalue weighted by Crippen LogP contribution is -2.48. The van der Waals surface area contributed by atoms with E-state index in [0.717, 1.165) is 19.6 Å². The highest BCUT2D eigenvalue weighted by molar-refractivity contribution is 6.35. The molecule has 12 heteroatoms. The fourth-order valence-corrected chi connectivity index (χ4v) is 5.24. The van der Waals surface area contributed by atoms with Crippen LogP contribution in [0.2, 0.25) is 5.02 Å². The second-order valence-electron chi connectivity index (χ2n) is 9.90. The summed E-state index contributed by atoms with van der Waals surface area (Å²) >= 11 is 6.69. The largest absolute Gasteiger partial charge is 0.497 e. The van der Waals surface area contributed by atoms with Gasteiger partial charge in [-0.2, -0.15) is 4.98 Å². The summed E-state index contributed by atoms with van der Waals surface area (Å²) in [5.41, 5.74) is 1.19. The molecule has 0 unspecified atom stereocenters. The van der Waals surface area contributed by atoms with Crippen LogP contribution in [0.1, 0.15) is 13.3 Å². The van der Waals surface area contributed by atoms with Crippen molar-refractivity contribution in [3.63, 3.8) is 0 Å². The molecule has 1 aliphatic heterocycles. The first-order valence-electron chi connectivity index (χ1n) is 13.5. The maximum atomic E-state index is 14.1. The van der Waals surface area contributed by atoms with Crippen molar-refractivity contribution in [1.82, 2.24) is 24.3 Å². The Balaban J connectivity index is 1.69. The van der Waals surface area contributed by atoms with Crippen LogP contribution in [0.3, 0.4) is 0 Å². The van der Waals surface area contributed by atoms with E-state index in [9.17, 15) is 9.59 Å². The Morgan fingerprint density at radius 2 is 1.88 bits per heavy atom. The van der Waals surface area contributed by atoms with Gasteiger partial charge >= 0.3 is 0 Å². The van der Waals surface area contributed by atoms with Gasteiger partial charge in [0.2, 0.25) is 11.9 Å². The van der Waals surface area contributed by atoms with Gasteiger partial charge in [0, 0.05) is 74.7 Å². The van der Waals surface area contributed by atoms with Crippen molar-refractivity contribution in [2.45, 2.75) is 25.9 Å². The van der Waals surface area contributed by atoms with Gasteiger partial charge in [-0.3, -0.25) is 19.1 Å². The van der Waals surface area contributed by atoms with E-state index in [1.54, 1.807) is 48.1 Å². The monoisotopic (exact) mass is 584 g/mol. The Kier molecular flexibility index (Phi) is 10.2. The summed E-state index contributed by atoms with van der Waals surface area (Å²) in [5.74, 6) is 1.29. The molecule has 220 valence electrons. The number of hydrogen-bond acceptors (Lipinski definition) is 9. The first-order chi connectivity index (χ1) is 19.8. The zero-order valence-corrected chi connectivity index (χ0v) is 24.7. The van der Waals surface area contributed by atoms with Crippen molar-refractivity contribution in [2.75, 3.05) is 66.0 Å². The molecule has 11 nitrogen and oxygen atoms in total. The van der Waals surface area contributed by atoms with Crippen LogP contribution >= 0.6 is 11.6 Å². The van der Waals surface area contributed by atoms with Gasteiger partial charge in [0.15, 0.2) is 0 Å². The zero-order valence-electron chi connectivity index (χ0n) is 24.0. The van der Waals surface area contributed by atoms with E-state index in [0.29, 0.717) is 77.3 Å². The molecule has 3 aromatic rings. The predicted octanol–water partition coefficient (Wildman–Crippen LogP) is 3.30. The molecule has 1 atom stereocenters. The lowest BCUT2D eigenvalue weighted by molar-refractivity contribution is -0.127. The highest BCUT2D eigenvalue weighted by atomic mass is 35.5. The minimum Gasteiger partial charge on any atom is -0.497 e. The third-order valence-corrected chi connectivity index (χ3v) is 7.48. The molecule has 4 rings (SSSR count). The lowest BCUT2D eigenvalue weighted by Gasteiger charge is -2.34. The number of aryl methyl sites for hydroxylation is 1. The van der Waals surface area contributed by atoms with E-state index < -0.39 is 0 Å². The number of hydrogen-bond donors (Lipinski definition) is 1. The van der Waals surface area contributed by atoms with Crippen LogP contribution in [-0.4, -0.2) is 96.9 Å². The number of benzene rings is 1. The van der Waals surface area contributed by atoms with Gasteiger partial charge in [0.25, 0.3) is 5.56 Å². The number of anilines is 1. The third-order valence-electron chi connectivity index (χ3n) is 7.09. The molecule has 1 aliphatic rings. The van der Waals surface area contributed by atoms with Gasteiger partial charge in [-0.05, 0) is 38.1 Å². The fourth-order valence-electron chi connectivity index (χ4n) is 4.95. The van der Waals surface area contributed by atoms with Gasteiger partial charge in [-0.25, -0.2) is 4.98 Å². The molecule has 0 spiro atoms. The van der Waals surface area contributed by atoms with Gasteiger partial charge in [0.1, 0.15) is 17.1 Å². The van der Waals surface area contributed by atoms with Gasteiger partial charge in [0.05, 0.1) is 25.8 Å². The number of amides is 1. The fraction of sp³-hybridized carbons (Fsp3) is 0.448. The molecule has 1 N–H and O–H groups in total. The molecule has 1 fully saturated rings. The summed E-state index contributed by atoms with van der Waals surface area (Å²) in [7, 11) is 4.70. The van der Waals surface area contributed by atoms with E-state index in [4.69, 9.17) is 30.8 Å². The number of aromatic nitrogens is 3. The first kappa shape index (κ1) is 30.3. The molecular weight excluding hydrogens is 548 g/mol. The number of carbonyl (C=O) groups excluding carboxylic acids is 1. The molecule has 3 heterocycles. The van der Waals surface area contributed by atoms with Gasteiger partial charge in [-0.1, -0.05) is 18.2 Å². The normalized spacial score (nSPS) is 14.6. The molecule has 1 amide bonds. The minimum absolute atomic E-state index is 0.0217. The van der Waals surface area contributed by atoms with Crippen molar-refractivity contribution in [3.8, 4) is 22.6 Å². The number of halogens is 1. The quantitative estimate of drug-likeness (QED) is 0.321. The van der Waals surface area contributed by atoms with Crippen LogP contribution in [0.15, 0.2) is 41.8 Å². The van der Waals surface area contributed by atoms with Crippen molar-refractivity contribution in [2.24, 2.45) is 0 Å². The minimum atomic E-state index is -0.231.